The lowest BCUT2D eigenvalue weighted by molar-refractivity contribution is 0.111. The summed E-state index contributed by atoms with van der Waals surface area (Å²) in [6.07, 6.45) is 38.9. The highest BCUT2D eigenvalue weighted by molar-refractivity contribution is 7.17. The number of thiophene rings is 3. The lowest BCUT2D eigenvalue weighted by Gasteiger charge is -2.40. The molecule has 3 nitrogen and oxygen atoms in total. The summed E-state index contributed by atoms with van der Waals surface area (Å²) in [7, 11) is 0. The maximum Gasteiger partial charge on any atom is 0.160 e. The molecule has 4 aromatic carbocycles. The molecule has 0 saturated heterocycles. The van der Waals surface area contributed by atoms with Crippen LogP contribution in [-0.4, -0.2) is 18.9 Å². The van der Waals surface area contributed by atoms with Gasteiger partial charge in [0.15, 0.2) is 18.9 Å². The van der Waals surface area contributed by atoms with Crippen molar-refractivity contribution in [1.29, 1.82) is 0 Å². The number of aldehydes is 3. The number of fused-ring (bicyclic) bond motifs is 12. The van der Waals surface area contributed by atoms with Gasteiger partial charge < -0.3 is 0 Å². The number of benzene rings is 4. The first-order chi connectivity index (χ1) is 41.2. The van der Waals surface area contributed by atoms with Crippen LogP contribution in [0.15, 0.2) is 91.0 Å². The van der Waals surface area contributed by atoms with Gasteiger partial charge in [-0.15, -0.1) is 34.0 Å². The van der Waals surface area contributed by atoms with E-state index in [-0.39, 0.29) is 16.2 Å². The quantitative estimate of drug-likeness (QED) is 0.0290. The van der Waals surface area contributed by atoms with E-state index in [2.05, 4.69) is 114 Å². The maximum atomic E-state index is 12.4. The molecule has 0 unspecified atom stereocenters. The summed E-state index contributed by atoms with van der Waals surface area (Å²) in [5.41, 5.74) is 21.6. The maximum absolute atomic E-state index is 12.4. The van der Waals surface area contributed by atoms with Gasteiger partial charge in [-0.1, -0.05) is 232 Å². The van der Waals surface area contributed by atoms with Crippen LogP contribution < -0.4 is 0 Å². The molecule has 7 aromatic rings. The summed E-state index contributed by atoms with van der Waals surface area (Å²) in [5.74, 6) is 0. The van der Waals surface area contributed by atoms with Gasteiger partial charge in [0.25, 0.3) is 0 Å². The number of carbonyl (C=O) groups is 3. The molecule has 0 bridgehead atoms. The van der Waals surface area contributed by atoms with Gasteiger partial charge >= 0.3 is 0 Å². The predicted octanol–water partition coefficient (Wildman–Crippen LogP) is 24.9. The van der Waals surface area contributed by atoms with E-state index in [0.29, 0.717) is 0 Å². The van der Waals surface area contributed by atoms with Crippen molar-refractivity contribution in [2.24, 2.45) is 0 Å². The zero-order chi connectivity index (χ0) is 58.7. The Morgan fingerprint density at radius 2 is 0.536 bits per heavy atom. The van der Waals surface area contributed by atoms with Crippen LogP contribution in [0.2, 0.25) is 0 Å². The Hall–Kier alpha value is -5.01. The van der Waals surface area contributed by atoms with Crippen LogP contribution in [0.1, 0.15) is 297 Å². The minimum Gasteiger partial charge on any atom is -0.297 e. The third kappa shape index (κ3) is 11.9. The summed E-state index contributed by atoms with van der Waals surface area (Å²) in [4.78, 5) is 43.0. The Kier molecular flexibility index (Phi) is 21.2. The Morgan fingerprint density at radius 3 is 0.738 bits per heavy atom. The van der Waals surface area contributed by atoms with Crippen LogP contribution in [0, 0.1) is 0 Å². The van der Waals surface area contributed by atoms with E-state index in [1.165, 1.54) is 219 Å². The van der Waals surface area contributed by atoms with E-state index in [0.717, 1.165) is 72.0 Å². The second kappa shape index (κ2) is 28.7. The van der Waals surface area contributed by atoms with Gasteiger partial charge in [0.2, 0.25) is 0 Å². The fraction of sp³-hybridized carbons (Fsp3) is 0.500. The van der Waals surface area contributed by atoms with Crippen LogP contribution in [0.3, 0.4) is 0 Å². The van der Waals surface area contributed by atoms with Crippen LogP contribution in [0.4, 0.5) is 0 Å². The van der Waals surface area contributed by atoms with Gasteiger partial charge in [0.05, 0.1) is 14.6 Å². The molecule has 0 radical (unpaired) electrons. The molecule has 84 heavy (non-hydrogen) atoms. The minimum absolute atomic E-state index is 0.243. The van der Waals surface area contributed by atoms with E-state index in [1.807, 2.05) is 18.2 Å². The number of unbranched alkanes of at least 4 members (excludes halogenated alkanes) is 18. The second-order valence-corrected chi connectivity index (χ2v) is 28.9. The number of hydrogen-bond acceptors (Lipinski definition) is 6. The van der Waals surface area contributed by atoms with Crippen molar-refractivity contribution in [2.75, 3.05) is 0 Å². The van der Waals surface area contributed by atoms with Crippen molar-refractivity contribution in [3.63, 3.8) is 0 Å². The molecule has 6 heteroatoms. The molecular formula is C78H96O3S3. The number of hydrogen-bond donors (Lipinski definition) is 0. The van der Waals surface area contributed by atoms with E-state index < -0.39 is 0 Å². The van der Waals surface area contributed by atoms with Crippen LogP contribution in [0.5, 0.6) is 0 Å². The third-order valence-corrected chi connectivity index (χ3v) is 23.4. The molecule has 0 saturated carbocycles. The first-order valence-electron chi connectivity index (χ1n) is 33.6. The molecule has 3 aliphatic rings. The van der Waals surface area contributed by atoms with E-state index in [9.17, 15) is 14.4 Å². The SMILES string of the molecule is CCCCCCC1(CCCCCC)c2cc(-c3ccc(C=O)s3)ccc2-c2c1c1c(c3c2C(CCCCCC)(CCCCCC)c2cc(-c4ccc(C=O)s4)ccc2-3)C(CCCCCC)(CCCCCC)c2cc(-c3ccc(C=O)s3)ccc2-1. The highest BCUT2D eigenvalue weighted by Crippen LogP contribution is 2.72. The van der Waals surface area contributed by atoms with Crippen LogP contribution in [-0.2, 0) is 16.2 Å². The summed E-state index contributed by atoms with van der Waals surface area (Å²) >= 11 is 4.90. The van der Waals surface area contributed by atoms with Gasteiger partial charge in [-0.2, -0.15) is 0 Å². The van der Waals surface area contributed by atoms with Crippen molar-refractivity contribution in [3.05, 3.63) is 139 Å². The molecule has 3 aromatic heterocycles. The fourth-order valence-corrected chi connectivity index (χ4v) is 18.6. The molecule has 0 fully saturated rings. The number of rotatable bonds is 36. The molecule has 444 valence electrons. The highest BCUT2D eigenvalue weighted by Gasteiger charge is 2.58. The van der Waals surface area contributed by atoms with Crippen molar-refractivity contribution in [3.8, 4) is 64.7 Å². The van der Waals surface area contributed by atoms with E-state index in [1.54, 1.807) is 67.4 Å². The second-order valence-electron chi connectivity index (χ2n) is 25.6. The standard InChI is InChI=1S/C78H96O3S3/c1-7-13-19-25-43-76(44-26-20-14-8-2)64-49-55(67-40-34-58(52-79)82-67)31-37-61(64)70-73(76)71-62-38-32-56(68-41-35-59(53-80)83-68)50-65(62)77(45-27-21-15-9-3,46-28-22-16-10-4)75(71)72-63-39-33-57(69-42-36-60(54-81)84-69)51-66(63)78(74(70)72,47-29-23-17-11-5)48-30-24-18-12-6/h31-42,49-54H,7-30,43-48H2,1-6H3. The van der Waals surface area contributed by atoms with Crippen molar-refractivity contribution >= 4 is 52.9 Å². The molecular weight excluding hydrogens is 1080 g/mol. The first-order valence-corrected chi connectivity index (χ1v) is 36.1. The predicted molar refractivity (Wildman–Crippen MR) is 364 cm³/mol. The highest BCUT2D eigenvalue weighted by atomic mass is 32.1. The van der Waals surface area contributed by atoms with Gasteiger partial charge in [-0.25, -0.2) is 0 Å². The molecule has 10 rings (SSSR count). The third-order valence-electron chi connectivity index (χ3n) is 20.2. The van der Waals surface area contributed by atoms with Crippen molar-refractivity contribution in [2.45, 2.75) is 250 Å². The van der Waals surface area contributed by atoms with Crippen LogP contribution >= 0.6 is 34.0 Å². The average Bonchev–Trinajstić information content (AvgIpc) is 1.51. The Bertz CT molecular complexity index is 2970. The monoisotopic (exact) mass is 1180 g/mol. The largest absolute Gasteiger partial charge is 0.297 e. The lowest BCUT2D eigenvalue weighted by atomic mass is 9.63. The van der Waals surface area contributed by atoms with E-state index in [4.69, 9.17) is 0 Å². The van der Waals surface area contributed by atoms with E-state index >= 15 is 0 Å². The van der Waals surface area contributed by atoms with Gasteiger partial charge in [-0.3, -0.25) is 14.4 Å². The first kappa shape index (κ1) is 62.1. The van der Waals surface area contributed by atoms with Gasteiger partial charge in [-0.05, 0) is 177 Å². The average molecular weight is 1180 g/mol. The Labute approximate surface area is 517 Å². The summed E-state index contributed by atoms with van der Waals surface area (Å²) in [6, 6.07) is 35.6. The fourth-order valence-electron chi connectivity index (χ4n) is 16.1. The Morgan fingerprint density at radius 1 is 0.298 bits per heavy atom. The summed E-state index contributed by atoms with van der Waals surface area (Å²) < 4.78 is 0. The minimum atomic E-state index is -0.243. The molecule has 3 heterocycles. The topological polar surface area (TPSA) is 51.2 Å². The molecule has 3 aliphatic carbocycles. The number of carbonyl (C=O) groups excluding carboxylic acids is 3. The Balaban J connectivity index is 1.41. The zero-order valence-corrected chi connectivity index (χ0v) is 54.5. The zero-order valence-electron chi connectivity index (χ0n) is 52.1. The molecule has 0 N–H and O–H groups in total. The summed E-state index contributed by atoms with van der Waals surface area (Å²) in [6.45, 7) is 14.2. The lowest BCUT2D eigenvalue weighted by Crippen LogP contribution is -2.31. The normalized spacial score (nSPS) is 14.5. The molecule has 0 atom stereocenters. The van der Waals surface area contributed by atoms with Gasteiger partial charge in [0.1, 0.15) is 0 Å². The smallest absolute Gasteiger partial charge is 0.160 e. The summed E-state index contributed by atoms with van der Waals surface area (Å²) in [5, 5.41) is 0. The van der Waals surface area contributed by atoms with Crippen LogP contribution in [0.25, 0.3) is 64.7 Å². The van der Waals surface area contributed by atoms with Gasteiger partial charge in [0, 0.05) is 30.9 Å². The molecule has 0 spiro atoms. The molecule has 0 amide bonds. The van der Waals surface area contributed by atoms with Crippen molar-refractivity contribution < 1.29 is 14.4 Å². The molecule has 0 aliphatic heterocycles. The van der Waals surface area contributed by atoms with Crippen molar-refractivity contribution in [1.82, 2.24) is 0 Å².